The van der Waals surface area contributed by atoms with Gasteiger partial charge in [-0.05, 0) is 93.5 Å². The summed E-state index contributed by atoms with van der Waals surface area (Å²) in [6.45, 7) is 24.2. The van der Waals surface area contributed by atoms with Gasteiger partial charge in [-0.25, -0.2) is 0 Å². The standard InChI is InChI=1S/C106H210O3S/c1-11-21-31-41-51-61-71-81-91-101-102(92-82-72-62-52-42-32-22-12-2)106(99-89-79-69-59-49-39-29-19-9,110(107,108)109-100-90-80-70-60-50-40-30-20-10)105(97-87-77-67-57-47-37-27-17-7,98-88-78-68-58-48-38-28-18-8)104(95-85-75-65-55-45-35-25-15-5,96-86-76-66-56-46-36-26-16-6)103(101,93-83-73-63-53-43-33-23-13-3)94-84-74-64-54-44-34-24-14-4/h11-100H2,1-10H3. The highest BCUT2D eigenvalue weighted by molar-refractivity contribution is 7.88. The molecule has 0 bridgehead atoms. The van der Waals surface area contributed by atoms with Gasteiger partial charge in [-0.15, -0.1) is 0 Å². The number of unbranched alkanes of at least 4 members (excludes halogenated alkanes) is 70. The average Bonchev–Trinajstić information content (AvgIpc) is 0.653. The molecule has 1 aliphatic carbocycles. The van der Waals surface area contributed by atoms with Gasteiger partial charge in [0.1, 0.15) is 4.75 Å². The van der Waals surface area contributed by atoms with Gasteiger partial charge in [0.25, 0.3) is 10.1 Å². The predicted octanol–water partition coefficient (Wildman–Crippen LogP) is 39.3. The Bertz CT molecular complexity index is 1940. The van der Waals surface area contributed by atoms with Crippen molar-refractivity contribution in [3.05, 3.63) is 11.1 Å². The van der Waals surface area contributed by atoms with Crippen LogP contribution in [0.2, 0.25) is 0 Å². The van der Waals surface area contributed by atoms with Crippen molar-refractivity contribution in [2.45, 2.75) is 645 Å². The highest BCUT2D eigenvalue weighted by atomic mass is 32.2. The van der Waals surface area contributed by atoms with Crippen molar-refractivity contribution in [3.8, 4) is 0 Å². The minimum atomic E-state index is -4.22. The summed E-state index contributed by atoms with van der Waals surface area (Å²) in [6.07, 6.45) is 115. The molecule has 4 heteroatoms. The van der Waals surface area contributed by atoms with Crippen LogP contribution in [0.15, 0.2) is 11.1 Å². The smallest absolute Gasteiger partial charge is 0.269 e. The van der Waals surface area contributed by atoms with Crippen LogP contribution in [0.4, 0.5) is 0 Å². The topological polar surface area (TPSA) is 43.4 Å². The largest absolute Gasteiger partial charge is 0.277 e. The molecule has 0 aromatic heterocycles. The summed E-state index contributed by atoms with van der Waals surface area (Å²) in [5.74, 6) is 0. The van der Waals surface area contributed by atoms with Crippen LogP contribution in [0.25, 0.3) is 0 Å². The number of allylic oxidation sites excluding steroid dienone is 1. The quantitative estimate of drug-likeness (QED) is 0.0346. The second kappa shape index (κ2) is 78.5. The Morgan fingerprint density at radius 2 is 0.355 bits per heavy atom. The maximum atomic E-state index is 18.6. The van der Waals surface area contributed by atoms with Crippen molar-refractivity contribution in [1.82, 2.24) is 0 Å². The predicted molar refractivity (Wildman–Crippen MR) is 500 cm³/mol. The summed E-state index contributed by atoms with van der Waals surface area (Å²) in [6, 6.07) is 0. The molecule has 658 valence electrons. The molecule has 110 heavy (non-hydrogen) atoms. The van der Waals surface area contributed by atoms with E-state index in [1.54, 1.807) is 5.57 Å². The summed E-state index contributed by atoms with van der Waals surface area (Å²) < 4.78 is 43.7. The molecule has 1 unspecified atom stereocenters. The van der Waals surface area contributed by atoms with Gasteiger partial charge in [0, 0.05) is 5.41 Å². The monoisotopic (exact) mass is 1560 g/mol. The van der Waals surface area contributed by atoms with Crippen molar-refractivity contribution in [3.63, 3.8) is 0 Å². The lowest BCUT2D eigenvalue weighted by Crippen LogP contribution is -2.71. The van der Waals surface area contributed by atoms with Crippen LogP contribution in [-0.2, 0) is 14.3 Å². The summed E-state index contributed by atoms with van der Waals surface area (Å²) in [5.41, 5.74) is 2.79. The second-order valence-electron chi connectivity index (χ2n) is 37.8. The van der Waals surface area contributed by atoms with Crippen LogP contribution in [0.1, 0.15) is 641 Å². The molecule has 0 spiro atoms. The van der Waals surface area contributed by atoms with Crippen molar-refractivity contribution < 1.29 is 12.6 Å². The van der Waals surface area contributed by atoms with E-state index >= 15 is 8.42 Å². The highest BCUT2D eigenvalue weighted by Gasteiger charge is 2.76. The van der Waals surface area contributed by atoms with E-state index in [0.29, 0.717) is 6.61 Å². The summed E-state index contributed by atoms with van der Waals surface area (Å²) in [5, 5.41) is 0. The summed E-state index contributed by atoms with van der Waals surface area (Å²) >= 11 is 0. The van der Waals surface area contributed by atoms with Crippen LogP contribution < -0.4 is 0 Å². The lowest BCUT2D eigenvalue weighted by molar-refractivity contribution is -0.147. The van der Waals surface area contributed by atoms with Crippen molar-refractivity contribution >= 4 is 10.1 Å². The third-order valence-corrected chi connectivity index (χ3v) is 30.6. The van der Waals surface area contributed by atoms with Gasteiger partial charge in [-0.3, -0.25) is 4.18 Å². The third-order valence-electron chi connectivity index (χ3n) is 28.4. The Labute approximate surface area is 697 Å². The molecule has 0 saturated heterocycles. The lowest BCUT2D eigenvalue weighted by atomic mass is 9.34. The number of rotatable bonds is 92. The van der Waals surface area contributed by atoms with Crippen molar-refractivity contribution in [2.75, 3.05) is 6.61 Å². The molecule has 0 aromatic carbocycles. The molecule has 0 fully saturated rings. The van der Waals surface area contributed by atoms with Crippen LogP contribution in [-0.4, -0.2) is 19.8 Å². The molecular formula is C106H210O3S. The Morgan fingerprint density at radius 3 is 0.591 bits per heavy atom. The lowest BCUT2D eigenvalue weighted by Gasteiger charge is -2.72. The molecule has 0 amide bonds. The van der Waals surface area contributed by atoms with E-state index in [-0.39, 0.29) is 10.8 Å². The Kier molecular flexibility index (Phi) is 76.8. The molecule has 0 radical (unpaired) electrons. The molecule has 0 N–H and O–H groups in total. The molecule has 0 aromatic rings. The normalized spacial score (nSPS) is 15.7. The molecule has 1 atom stereocenters. The molecular weight excluding hydrogens is 1350 g/mol. The Balaban J connectivity index is 5.52. The highest BCUT2D eigenvalue weighted by Crippen LogP contribution is 2.78. The Morgan fingerprint density at radius 1 is 0.182 bits per heavy atom. The molecule has 0 saturated carbocycles. The second-order valence-corrected chi connectivity index (χ2v) is 39.6. The van der Waals surface area contributed by atoms with Crippen molar-refractivity contribution in [1.29, 1.82) is 0 Å². The van der Waals surface area contributed by atoms with Crippen LogP contribution in [0, 0.1) is 16.2 Å². The van der Waals surface area contributed by atoms with E-state index in [2.05, 4.69) is 69.2 Å². The van der Waals surface area contributed by atoms with E-state index < -0.39 is 20.3 Å². The van der Waals surface area contributed by atoms with Gasteiger partial charge < -0.3 is 0 Å². The average molecular weight is 1560 g/mol. The minimum Gasteiger partial charge on any atom is -0.269 e. The first-order valence-electron chi connectivity index (χ1n) is 52.7. The first kappa shape index (κ1) is 108. The van der Waals surface area contributed by atoms with E-state index in [0.717, 1.165) is 64.2 Å². The number of hydrogen-bond donors (Lipinski definition) is 0. The maximum absolute atomic E-state index is 18.6. The first-order valence-corrected chi connectivity index (χ1v) is 54.2. The molecule has 0 aliphatic heterocycles. The van der Waals surface area contributed by atoms with E-state index in [4.69, 9.17) is 4.18 Å². The van der Waals surface area contributed by atoms with Gasteiger partial charge >= 0.3 is 0 Å². The van der Waals surface area contributed by atoms with Gasteiger partial charge in [-0.2, -0.15) is 8.42 Å². The van der Waals surface area contributed by atoms with Crippen LogP contribution in [0.5, 0.6) is 0 Å². The van der Waals surface area contributed by atoms with Crippen molar-refractivity contribution in [2.24, 2.45) is 16.2 Å². The van der Waals surface area contributed by atoms with Gasteiger partial charge in [0.2, 0.25) is 0 Å². The zero-order valence-electron chi connectivity index (χ0n) is 78.3. The molecule has 1 aliphatic rings. The molecule has 3 nitrogen and oxygen atoms in total. The zero-order chi connectivity index (χ0) is 80.0. The van der Waals surface area contributed by atoms with Gasteiger partial charge in [0.05, 0.1) is 6.61 Å². The minimum absolute atomic E-state index is 0.0351. The molecule has 1 rings (SSSR count). The SMILES string of the molecule is CCCCCCCCCCOS(=O)(=O)C1(CCCCCCCCCC)C(CCCCCCCCCC)=C(CCCCCCCCCC)C(CCCCCCCCCC)(CCCCCCCCCC)C(CCCCCCCCCC)(CCCCCCCCCC)C1(CCCCCCCCCC)CCCCCCCCCC. The van der Waals surface area contributed by atoms with Gasteiger partial charge in [-0.1, -0.05) is 569 Å². The summed E-state index contributed by atoms with van der Waals surface area (Å²) in [4.78, 5) is 0. The zero-order valence-corrected chi connectivity index (χ0v) is 79.1. The van der Waals surface area contributed by atoms with E-state index in [1.807, 2.05) is 5.57 Å². The number of hydrogen-bond acceptors (Lipinski definition) is 3. The fraction of sp³-hybridized carbons (Fsp3) is 0.981. The third kappa shape index (κ3) is 47.4. The summed E-state index contributed by atoms with van der Waals surface area (Å²) in [7, 11) is -4.22. The van der Waals surface area contributed by atoms with E-state index in [1.165, 1.54) is 507 Å². The first-order chi connectivity index (χ1) is 54.1. The Hall–Kier alpha value is -0.350. The van der Waals surface area contributed by atoms with Crippen LogP contribution in [0.3, 0.4) is 0 Å². The molecule has 0 heterocycles. The fourth-order valence-electron chi connectivity index (χ4n) is 21.8. The van der Waals surface area contributed by atoms with Crippen LogP contribution >= 0.6 is 0 Å². The van der Waals surface area contributed by atoms with E-state index in [9.17, 15) is 0 Å². The maximum Gasteiger partial charge on any atom is 0.277 e. The van der Waals surface area contributed by atoms with Gasteiger partial charge in [0.15, 0.2) is 0 Å². The fourth-order valence-corrected chi connectivity index (χ4v) is 24.2.